The van der Waals surface area contributed by atoms with Crippen LogP contribution in [-0.4, -0.2) is 52.6 Å². The Kier molecular flexibility index (Phi) is 11.0. The van der Waals surface area contributed by atoms with Crippen LogP contribution in [-0.2, 0) is 19.1 Å². The van der Waals surface area contributed by atoms with Gasteiger partial charge in [0.05, 0.1) is 27.4 Å². The fourth-order valence-electron chi connectivity index (χ4n) is 2.83. The largest absolute Gasteiger partial charge is 0.493 e. The Morgan fingerprint density at radius 2 is 1.09 bits per heavy atom. The van der Waals surface area contributed by atoms with E-state index >= 15 is 0 Å². The minimum atomic E-state index is -0.414. The van der Waals surface area contributed by atoms with Gasteiger partial charge in [-0.05, 0) is 61.4 Å². The molecule has 0 radical (unpaired) electrons. The van der Waals surface area contributed by atoms with Crippen molar-refractivity contribution in [2.75, 3.05) is 40.6 Å². The van der Waals surface area contributed by atoms with Crippen molar-refractivity contribution in [2.24, 2.45) is 0 Å². The van der Waals surface area contributed by atoms with E-state index in [1.54, 1.807) is 76.6 Å². The average Bonchev–Trinajstić information content (AvgIpc) is 2.84. The molecule has 34 heavy (non-hydrogen) atoms. The first kappa shape index (κ1) is 26.3. The minimum Gasteiger partial charge on any atom is -0.493 e. The third-order valence-electron chi connectivity index (χ3n) is 4.37. The Bertz CT molecular complexity index is 928. The van der Waals surface area contributed by atoms with Crippen LogP contribution in [0.1, 0.15) is 25.0 Å². The summed E-state index contributed by atoms with van der Waals surface area (Å²) >= 11 is 0. The summed E-state index contributed by atoms with van der Waals surface area (Å²) in [4.78, 5) is 23.1. The van der Waals surface area contributed by atoms with Crippen molar-refractivity contribution in [1.82, 2.24) is 0 Å². The number of ether oxygens (including phenoxy) is 6. The highest BCUT2D eigenvalue weighted by Crippen LogP contribution is 2.30. The zero-order valence-corrected chi connectivity index (χ0v) is 19.9. The Labute approximate surface area is 199 Å². The number of esters is 2. The molecule has 0 aliphatic carbocycles. The van der Waals surface area contributed by atoms with Crippen molar-refractivity contribution < 1.29 is 38.0 Å². The van der Waals surface area contributed by atoms with Gasteiger partial charge in [0.15, 0.2) is 23.0 Å². The molecule has 0 atom stereocenters. The van der Waals surface area contributed by atoms with E-state index in [0.717, 1.165) is 11.1 Å². The predicted octanol–water partition coefficient (Wildman–Crippen LogP) is 4.31. The van der Waals surface area contributed by atoms with Crippen LogP contribution in [0.3, 0.4) is 0 Å². The van der Waals surface area contributed by atoms with Gasteiger partial charge in [-0.2, -0.15) is 0 Å². The molecule has 0 bridgehead atoms. The number of hydrogen-bond acceptors (Lipinski definition) is 8. The topological polar surface area (TPSA) is 89.5 Å². The number of hydrogen-bond donors (Lipinski definition) is 0. The number of rotatable bonds is 13. The van der Waals surface area contributed by atoms with Gasteiger partial charge in [-0.3, -0.25) is 0 Å². The van der Waals surface area contributed by atoms with Crippen molar-refractivity contribution in [1.29, 1.82) is 0 Å². The number of benzene rings is 2. The Balaban J connectivity index is 2.01. The Morgan fingerprint density at radius 3 is 1.44 bits per heavy atom. The van der Waals surface area contributed by atoms with E-state index in [4.69, 9.17) is 28.4 Å². The average molecular weight is 471 g/mol. The fraction of sp³-hybridized carbons (Fsp3) is 0.308. The molecule has 8 nitrogen and oxygen atoms in total. The molecule has 0 saturated carbocycles. The predicted molar refractivity (Wildman–Crippen MR) is 128 cm³/mol. The summed E-state index contributed by atoms with van der Waals surface area (Å²) in [6.07, 6.45) is 5.99. The number of methoxy groups -OCH3 is 2. The lowest BCUT2D eigenvalue weighted by molar-refractivity contribution is -0.138. The van der Waals surface area contributed by atoms with Crippen LogP contribution < -0.4 is 18.9 Å². The first-order valence-electron chi connectivity index (χ1n) is 10.8. The van der Waals surface area contributed by atoms with Crippen LogP contribution in [0.5, 0.6) is 23.0 Å². The van der Waals surface area contributed by atoms with Crippen LogP contribution in [0, 0.1) is 0 Å². The van der Waals surface area contributed by atoms with Gasteiger partial charge in [0.1, 0.15) is 13.2 Å². The van der Waals surface area contributed by atoms with Gasteiger partial charge >= 0.3 is 11.9 Å². The summed E-state index contributed by atoms with van der Waals surface area (Å²) in [5.41, 5.74) is 1.51. The third kappa shape index (κ3) is 8.54. The van der Waals surface area contributed by atoms with Crippen LogP contribution >= 0.6 is 0 Å². The molecular formula is C26H30O8. The lowest BCUT2D eigenvalue weighted by Crippen LogP contribution is -2.10. The van der Waals surface area contributed by atoms with E-state index in [0.29, 0.717) is 36.2 Å². The third-order valence-corrected chi connectivity index (χ3v) is 4.37. The summed E-state index contributed by atoms with van der Waals surface area (Å²) in [5, 5.41) is 0. The number of carbonyl (C=O) groups excluding carboxylic acids is 2. The fourth-order valence-corrected chi connectivity index (χ4v) is 2.83. The molecule has 2 rings (SSSR count). The maximum absolute atomic E-state index is 11.5. The summed E-state index contributed by atoms with van der Waals surface area (Å²) in [6.45, 7) is 4.59. The molecule has 0 aromatic heterocycles. The van der Waals surface area contributed by atoms with Crippen LogP contribution in [0.15, 0.2) is 48.6 Å². The van der Waals surface area contributed by atoms with Crippen molar-refractivity contribution >= 4 is 24.1 Å². The van der Waals surface area contributed by atoms with Crippen LogP contribution in [0.2, 0.25) is 0 Å². The van der Waals surface area contributed by atoms with Gasteiger partial charge < -0.3 is 28.4 Å². The first-order chi connectivity index (χ1) is 16.5. The SMILES string of the molecule is CCOC(=O)C=Cc1ccc(OC)c(OCCOc2cc(C=CC(=O)OCC)ccc2OC)c1. The van der Waals surface area contributed by atoms with Crippen molar-refractivity contribution in [2.45, 2.75) is 13.8 Å². The van der Waals surface area contributed by atoms with Gasteiger partial charge in [0.25, 0.3) is 0 Å². The van der Waals surface area contributed by atoms with Gasteiger partial charge in [-0.15, -0.1) is 0 Å². The van der Waals surface area contributed by atoms with Crippen molar-refractivity contribution in [3.8, 4) is 23.0 Å². The molecule has 0 aliphatic rings. The Hall–Kier alpha value is -3.94. The van der Waals surface area contributed by atoms with Crippen molar-refractivity contribution in [3.05, 3.63) is 59.7 Å². The molecule has 182 valence electrons. The molecule has 2 aromatic rings. The van der Waals surface area contributed by atoms with E-state index in [-0.39, 0.29) is 13.2 Å². The lowest BCUT2D eigenvalue weighted by Gasteiger charge is -2.14. The summed E-state index contributed by atoms with van der Waals surface area (Å²) < 4.78 is 32.2. The second-order valence-electron chi connectivity index (χ2n) is 6.69. The number of carbonyl (C=O) groups is 2. The lowest BCUT2D eigenvalue weighted by atomic mass is 10.2. The summed E-state index contributed by atoms with van der Waals surface area (Å²) in [6, 6.07) is 10.6. The quantitative estimate of drug-likeness (QED) is 0.243. The first-order valence-corrected chi connectivity index (χ1v) is 10.8. The zero-order chi connectivity index (χ0) is 24.8. The maximum atomic E-state index is 11.5. The monoisotopic (exact) mass is 470 g/mol. The maximum Gasteiger partial charge on any atom is 0.330 e. The smallest absolute Gasteiger partial charge is 0.330 e. The summed E-state index contributed by atoms with van der Waals surface area (Å²) in [7, 11) is 3.10. The molecule has 0 fully saturated rings. The molecule has 0 heterocycles. The van der Waals surface area contributed by atoms with E-state index in [1.807, 2.05) is 0 Å². The highest BCUT2D eigenvalue weighted by molar-refractivity contribution is 5.87. The van der Waals surface area contributed by atoms with E-state index in [9.17, 15) is 9.59 Å². The molecule has 0 unspecified atom stereocenters. The molecule has 0 N–H and O–H groups in total. The highest BCUT2D eigenvalue weighted by atomic mass is 16.6. The molecule has 8 heteroatoms. The Morgan fingerprint density at radius 1 is 0.676 bits per heavy atom. The van der Waals surface area contributed by atoms with E-state index in [1.165, 1.54) is 12.2 Å². The summed E-state index contributed by atoms with van der Waals surface area (Å²) in [5.74, 6) is 1.30. The molecule has 0 amide bonds. The standard InChI is InChI=1S/C26H30O8/c1-5-31-25(27)13-9-19-7-11-21(29-3)23(17-19)33-15-16-34-24-18-20(8-12-22(24)30-4)10-14-26(28)32-6-2/h7-14,17-18H,5-6,15-16H2,1-4H3. The highest BCUT2D eigenvalue weighted by Gasteiger charge is 2.08. The van der Waals surface area contributed by atoms with Gasteiger partial charge in [0.2, 0.25) is 0 Å². The molecule has 2 aromatic carbocycles. The van der Waals surface area contributed by atoms with Gasteiger partial charge in [-0.1, -0.05) is 12.1 Å². The molecule has 0 spiro atoms. The second-order valence-corrected chi connectivity index (χ2v) is 6.69. The van der Waals surface area contributed by atoms with Gasteiger partial charge in [-0.25, -0.2) is 9.59 Å². The van der Waals surface area contributed by atoms with Crippen LogP contribution in [0.25, 0.3) is 12.2 Å². The van der Waals surface area contributed by atoms with Gasteiger partial charge in [0, 0.05) is 12.2 Å². The molecular weight excluding hydrogens is 440 g/mol. The van der Waals surface area contributed by atoms with E-state index < -0.39 is 11.9 Å². The molecule has 0 aliphatic heterocycles. The van der Waals surface area contributed by atoms with Crippen molar-refractivity contribution in [3.63, 3.8) is 0 Å². The minimum absolute atomic E-state index is 0.230. The second kappa shape index (κ2) is 14.3. The van der Waals surface area contributed by atoms with E-state index in [2.05, 4.69) is 0 Å². The molecule has 0 saturated heterocycles. The normalized spacial score (nSPS) is 10.8. The van der Waals surface area contributed by atoms with Crippen LogP contribution in [0.4, 0.5) is 0 Å². The zero-order valence-electron chi connectivity index (χ0n) is 19.9.